The van der Waals surface area contributed by atoms with Crippen molar-refractivity contribution in [2.45, 2.75) is 51.5 Å². The van der Waals surface area contributed by atoms with Crippen LogP contribution in [-0.2, 0) is 14.4 Å². The predicted molar refractivity (Wildman–Crippen MR) is 87.9 cm³/mol. The smallest absolute Gasteiger partial charge is 0.325 e. The van der Waals surface area contributed by atoms with Gasteiger partial charge in [-0.2, -0.15) is 5.26 Å². The highest BCUT2D eigenvalue weighted by Crippen LogP contribution is 2.32. The SMILES string of the molecule is CC(C)CN1C(=O)C(=O)N(CC(=O)N(C)C2(C#N)CCCCC2)C1=O. The van der Waals surface area contributed by atoms with Crippen molar-refractivity contribution >= 4 is 23.8 Å². The van der Waals surface area contributed by atoms with Gasteiger partial charge in [0.2, 0.25) is 5.91 Å². The van der Waals surface area contributed by atoms with Gasteiger partial charge in [-0.3, -0.25) is 19.3 Å². The van der Waals surface area contributed by atoms with Gasteiger partial charge in [0, 0.05) is 13.6 Å². The summed E-state index contributed by atoms with van der Waals surface area (Å²) in [7, 11) is 1.52. The number of carbonyl (C=O) groups is 4. The van der Waals surface area contributed by atoms with E-state index in [1.807, 2.05) is 13.8 Å². The second-order valence-electron chi connectivity index (χ2n) is 7.14. The van der Waals surface area contributed by atoms with Crippen LogP contribution in [-0.4, -0.2) is 64.1 Å². The number of nitriles is 1. The van der Waals surface area contributed by atoms with Crippen LogP contribution in [0.1, 0.15) is 46.0 Å². The summed E-state index contributed by atoms with van der Waals surface area (Å²) >= 11 is 0. The quantitative estimate of drug-likeness (QED) is 0.547. The van der Waals surface area contributed by atoms with E-state index >= 15 is 0 Å². The number of amides is 5. The summed E-state index contributed by atoms with van der Waals surface area (Å²) in [6, 6.07) is 1.46. The van der Waals surface area contributed by atoms with Crippen LogP contribution >= 0.6 is 0 Å². The van der Waals surface area contributed by atoms with Crippen LogP contribution in [0.15, 0.2) is 0 Å². The van der Waals surface area contributed by atoms with Crippen molar-refractivity contribution in [3.8, 4) is 6.07 Å². The van der Waals surface area contributed by atoms with Gasteiger partial charge in [-0.15, -0.1) is 0 Å². The average Bonchev–Trinajstić information content (AvgIpc) is 2.79. The fraction of sp³-hybridized carbons (Fsp3) is 0.706. The van der Waals surface area contributed by atoms with Crippen molar-refractivity contribution in [1.82, 2.24) is 14.7 Å². The van der Waals surface area contributed by atoms with Gasteiger partial charge in [-0.1, -0.05) is 33.1 Å². The monoisotopic (exact) mass is 348 g/mol. The zero-order chi connectivity index (χ0) is 18.8. The Morgan fingerprint density at radius 2 is 1.72 bits per heavy atom. The molecule has 0 N–H and O–H groups in total. The van der Waals surface area contributed by atoms with Gasteiger partial charge in [0.1, 0.15) is 12.1 Å². The maximum absolute atomic E-state index is 12.6. The molecule has 0 bridgehead atoms. The molecular formula is C17H24N4O4. The summed E-state index contributed by atoms with van der Waals surface area (Å²) in [6.45, 7) is 3.27. The number of nitrogens with zero attached hydrogens (tertiary/aromatic N) is 4. The lowest BCUT2D eigenvalue weighted by molar-refractivity contribution is -0.145. The van der Waals surface area contributed by atoms with E-state index in [0.29, 0.717) is 17.7 Å². The van der Waals surface area contributed by atoms with Crippen LogP contribution in [0.3, 0.4) is 0 Å². The predicted octanol–water partition coefficient (Wildman–Crippen LogP) is 1.12. The first-order chi connectivity index (χ1) is 11.7. The van der Waals surface area contributed by atoms with E-state index in [9.17, 15) is 24.4 Å². The highest BCUT2D eigenvalue weighted by atomic mass is 16.2. The van der Waals surface area contributed by atoms with E-state index in [1.165, 1.54) is 11.9 Å². The van der Waals surface area contributed by atoms with Crippen LogP contribution in [0.25, 0.3) is 0 Å². The van der Waals surface area contributed by atoms with Gasteiger partial charge < -0.3 is 4.90 Å². The van der Waals surface area contributed by atoms with Crippen molar-refractivity contribution in [2.75, 3.05) is 20.1 Å². The number of likely N-dealkylation sites (N-methyl/N-ethyl adjacent to an activating group) is 1. The molecule has 2 rings (SSSR count). The third-order valence-corrected chi connectivity index (χ3v) is 4.88. The number of hydrogen-bond acceptors (Lipinski definition) is 5. The van der Waals surface area contributed by atoms with E-state index < -0.39 is 35.8 Å². The fourth-order valence-electron chi connectivity index (χ4n) is 3.35. The third-order valence-electron chi connectivity index (χ3n) is 4.88. The number of imide groups is 2. The van der Waals surface area contributed by atoms with Crippen molar-refractivity contribution in [3.63, 3.8) is 0 Å². The minimum atomic E-state index is -0.984. The molecular weight excluding hydrogens is 324 g/mol. The van der Waals surface area contributed by atoms with E-state index in [0.717, 1.165) is 24.2 Å². The Morgan fingerprint density at radius 3 is 2.24 bits per heavy atom. The molecule has 8 nitrogen and oxygen atoms in total. The molecule has 0 unspecified atom stereocenters. The summed E-state index contributed by atoms with van der Waals surface area (Å²) in [5.74, 6) is -2.38. The molecule has 8 heteroatoms. The van der Waals surface area contributed by atoms with Crippen molar-refractivity contribution in [3.05, 3.63) is 0 Å². The van der Waals surface area contributed by atoms with E-state index in [1.54, 1.807) is 0 Å². The van der Waals surface area contributed by atoms with Crippen LogP contribution in [0.5, 0.6) is 0 Å². The number of carbonyl (C=O) groups excluding carboxylic acids is 4. The summed E-state index contributed by atoms with van der Waals surface area (Å²) in [5.41, 5.74) is -0.900. The van der Waals surface area contributed by atoms with Crippen molar-refractivity contribution in [2.24, 2.45) is 5.92 Å². The molecule has 5 amide bonds. The third kappa shape index (κ3) is 3.50. The minimum absolute atomic E-state index is 0.0168. The van der Waals surface area contributed by atoms with Gasteiger partial charge in [0.25, 0.3) is 0 Å². The minimum Gasteiger partial charge on any atom is -0.325 e. The molecule has 2 aliphatic rings. The largest absolute Gasteiger partial charge is 0.334 e. The van der Waals surface area contributed by atoms with Crippen LogP contribution < -0.4 is 0 Å². The number of rotatable bonds is 5. The topological polar surface area (TPSA) is 102 Å². The lowest BCUT2D eigenvalue weighted by Crippen LogP contribution is -2.53. The molecule has 0 aromatic rings. The fourth-order valence-corrected chi connectivity index (χ4v) is 3.35. The Labute approximate surface area is 147 Å². The second-order valence-corrected chi connectivity index (χ2v) is 7.14. The molecule has 0 atom stereocenters. The average molecular weight is 348 g/mol. The zero-order valence-corrected chi connectivity index (χ0v) is 14.9. The lowest BCUT2D eigenvalue weighted by Gasteiger charge is -2.39. The van der Waals surface area contributed by atoms with Gasteiger partial charge in [-0.25, -0.2) is 9.69 Å². The Kier molecular flexibility index (Phi) is 5.45. The normalized spacial score (nSPS) is 20.2. The molecule has 1 aliphatic carbocycles. The Morgan fingerprint density at radius 1 is 1.16 bits per heavy atom. The molecule has 136 valence electrons. The molecule has 0 radical (unpaired) electrons. The molecule has 2 fully saturated rings. The van der Waals surface area contributed by atoms with Crippen LogP contribution in [0, 0.1) is 17.2 Å². The Balaban J connectivity index is 2.11. The summed E-state index contributed by atoms with van der Waals surface area (Å²) in [6.07, 6.45) is 3.88. The molecule has 1 saturated heterocycles. The maximum atomic E-state index is 12.6. The number of hydrogen-bond donors (Lipinski definition) is 0. The van der Waals surface area contributed by atoms with Gasteiger partial charge in [0.15, 0.2) is 0 Å². The Bertz CT molecular complexity index is 631. The first-order valence-electron chi connectivity index (χ1n) is 8.59. The van der Waals surface area contributed by atoms with Crippen molar-refractivity contribution in [1.29, 1.82) is 5.26 Å². The molecule has 0 aromatic carbocycles. The Hall–Kier alpha value is -2.43. The van der Waals surface area contributed by atoms with Gasteiger partial charge in [0.05, 0.1) is 6.07 Å². The summed E-state index contributed by atoms with van der Waals surface area (Å²) in [5, 5.41) is 9.56. The highest BCUT2D eigenvalue weighted by molar-refractivity contribution is 6.45. The molecule has 0 spiro atoms. The first kappa shape index (κ1) is 18.9. The molecule has 1 heterocycles. The number of urea groups is 1. The van der Waals surface area contributed by atoms with E-state index in [2.05, 4.69) is 6.07 Å². The lowest BCUT2D eigenvalue weighted by atomic mass is 9.81. The van der Waals surface area contributed by atoms with Gasteiger partial charge >= 0.3 is 17.8 Å². The standard InChI is InChI=1S/C17H24N4O4/c1-12(2)9-20-14(23)15(24)21(16(20)25)10-13(22)19(3)17(11-18)7-5-4-6-8-17/h12H,4-10H2,1-3H3. The van der Waals surface area contributed by atoms with Gasteiger partial charge in [-0.05, 0) is 18.8 Å². The molecule has 1 aliphatic heterocycles. The maximum Gasteiger partial charge on any atom is 0.334 e. The van der Waals surface area contributed by atoms with Crippen molar-refractivity contribution < 1.29 is 19.2 Å². The van der Waals surface area contributed by atoms with Crippen LogP contribution in [0.4, 0.5) is 4.79 Å². The zero-order valence-electron chi connectivity index (χ0n) is 14.9. The first-order valence-corrected chi connectivity index (χ1v) is 8.59. The molecule has 1 saturated carbocycles. The van der Waals surface area contributed by atoms with Crippen LogP contribution in [0.2, 0.25) is 0 Å². The van der Waals surface area contributed by atoms with E-state index in [-0.39, 0.29) is 12.5 Å². The summed E-state index contributed by atoms with van der Waals surface area (Å²) in [4.78, 5) is 51.8. The molecule has 0 aromatic heterocycles. The van der Waals surface area contributed by atoms with E-state index in [4.69, 9.17) is 0 Å². The molecule has 25 heavy (non-hydrogen) atoms. The second kappa shape index (κ2) is 7.21. The highest BCUT2D eigenvalue weighted by Gasteiger charge is 2.47. The summed E-state index contributed by atoms with van der Waals surface area (Å²) < 4.78 is 0.